The number of ether oxygens (including phenoxy) is 2. The first-order valence-corrected chi connectivity index (χ1v) is 6.03. The zero-order chi connectivity index (χ0) is 13.6. The molecule has 18 heavy (non-hydrogen) atoms. The molecule has 0 saturated carbocycles. The molecular formula is C12H19NO5. The van der Waals surface area contributed by atoms with Crippen LogP contribution in [0, 0.1) is 5.41 Å². The molecule has 0 aromatic heterocycles. The van der Waals surface area contributed by atoms with Gasteiger partial charge in [0.25, 0.3) is 0 Å². The topological polar surface area (TPSA) is 76.1 Å². The number of carboxylic acids is 1. The van der Waals surface area contributed by atoms with E-state index < -0.39 is 23.7 Å². The number of carboxylic acid groups (broad SMARTS) is 1. The number of aliphatic carboxylic acids is 1. The molecule has 6 heteroatoms. The summed E-state index contributed by atoms with van der Waals surface area (Å²) in [6.07, 6.45) is -0.111. The summed E-state index contributed by atoms with van der Waals surface area (Å²) >= 11 is 0. The lowest BCUT2D eigenvalue weighted by Gasteiger charge is -2.37. The molecule has 0 aliphatic carbocycles. The number of amides is 1. The van der Waals surface area contributed by atoms with Gasteiger partial charge in [-0.3, -0.25) is 4.90 Å². The van der Waals surface area contributed by atoms with E-state index in [2.05, 4.69) is 0 Å². The third-order valence-corrected chi connectivity index (χ3v) is 3.24. The van der Waals surface area contributed by atoms with Crippen molar-refractivity contribution in [2.75, 3.05) is 19.8 Å². The van der Waals surface area contributed by atoms with Crippen LogP contribution in [0.2, 0.25) is 0 Å². The molecule has 1 N–H and O–H groups in total. The van der Waals surface area contributed by atoms with Crippen LogP contribution in [0.15, 0.2) is 0 Å². The molecule has 2 rings (SSSR count). The monoisotopic (exact) mass is 257 g/mol. The van der Waals surface area contributed by atoms with E-state index in [9.17, 15) is 14.7 Å². The van der Waals surface area contributed by atoms with Crippen molar-refractivity contribution in [3.8, 4) is 0 Å². The molecule has 2 aliphatic heterocycles. The van der Waals surface area contributed by atoms with Gasteiger partial charge in [-0.25, -0.2) is 9.59 Å². The number of carbonyl (C=O) groups is 2. The molecule has 1 atom stereocenters. The molecule has 0 aromatic rings. The first-order valence-electron chi connectivity index (χ1n) is 6.03. The fourth-order valence-corrected chi connectivity index (χ4v) is 2.39. The van der Waals surface area contributed by atoms with E-state index in [1.54, 1.807) is 20.8 Å². The van der Waals surface area contributed by atoms with Crippen molar-refractivity contribution >= 4 is 12.1 Å². The second-order valence-corrected chi connectivity index (χ2v) is 6.16. The lowest BCUT2D eigenvalue weighted by atomic mass is 9.84. The smallest absolute Gasteiger partial charge is 0.411 e. The summed E-state index contributed by atoms with van der Waals surface area (Å²) in [7, 11) is 0. The first-order chi connectivity index (χ1) is 8.22. The van der Waals surface area contributed by atoms with Crippen molar-refractivity contribution in [1.82, 2.24) is 4.90 Å². The van der Waals surface area contributed by atoms with Gasteiger partial charge in [-0.1, -0.05) is 0 Å². The lowest BCUT2D eigenvalue weighted by molar-refractivity contribution is -0.142. The van der Waals surface area contributed by atoms with Crippen LogP contribution in [0.1, 0.15) is 27.2 Å². The standard InChI is InChI=1S/C12H19NO5/c1-11(2,3)18-10(16)13-5-12(6-17-7-12)4-8(13)9(14)15/h8H,4-7H2,1-3H3,(H,14,15)/t8-/m1/s1. The fourth-order valence-electron chi connectivity index (χ4n) is 2.39. The van der Waals surface area contributed by atoms with Gasteiger partial charge < -0.3 is 14.6 Å². The Labute approximate surface area is 106 Å². The molecule has 2 aliphatic rings. The Bertz CT molecular complexity index is 369. The molecule has 1 spiro atoms. The first kappa shape index (κ1) is 13.1. The highest BCUT2D eigenvalue weighted by molar-refractivity contribution is 5.81. The van der Waals surface area contributed by atoms with Gasteiger partial charge in [0.15, 0.2) is 0 Å². The van der Waals surface area contributed by atoms with Gasteiger partial charge in [0.2, 0.25) is 0 Å². The van der Waals surface area contributed by atoms with Crippen LogP contribution < -0.4 is 0 Å². The highest BCUT2D eigenvalue weighted by atomic mass is 16.6. The molecule has 0 radical (unpaired) electrons. The van der Waals surface area contributed by atoms with Gasteiger partial charge in [0, 0.05) is 12.0 Å². The maximum absolute atomic E-state index is 12.0. The van der Waals surface area contributed by atoms with Crippen molar-refractivity contribution in [2.24, 2.45) is 5.41 Å². The van der Waals surface area contributed by atoms with E-state index in [-0.39, 0.29) is 5.41 Å². The zero-order valence-corrected chi connectivity index (χ0v) is 10.9. The molecule has 2 fully saturated rings. The van der Waals surface area contributed by atoms with Crippen LogP contribution >= 0.6 is 0 Å². The van der Waals surface area contributed by atoms with Crippen molar-refractivity contribution in [3.05, 3.63) is 0 Å². The van der Waals surface area contributed by atoms with E-state index >= 15 is 0 Å². The summed E-state index contributed by atoms with van der Waals surface area (Å²) < 4.78 is 10.4. The molecule has 0 unspecified atom stereocenters. The predicted octanol–water partition coefficient (Wildman–Crippen LogP) is 1.10. The Hall–Kier alpha value is -1.30. The molecule has 2 saturated heterocycles. The maximum Gasteiger partial charge on any atom is 0.411 e. The number of carbonyl (C=O) groups excluding carboxylic acids is 1. The zero-order valence-electron chi connectivity index (χ0n) is 10.9. The summed E-state index contributed by atoms with van der Waals surface area (Å²) in [6, 6.07) is -0.802. The van der Waals surface area contributed by atoms with E-state index in [4.69, 9.17) is 9.47 Å². The maximum atomic E-state index is 12.0. The SMILES string of the molecule is CC(C)(C)OC(=O)N1CC2(COC2)C[C@@H]1C(=O)O. The molecule has 2 heterocycles. The molecule has 0 bridgehead atoms. The quantitative estimate of drug-likeness (QED) is 0.761. The average Bonchev–Trinajstić information content (AvgIpc) is 2.54. The average molecular weight is 257 g/mol. The van der Waals surface area contributed by atoms with Gasteiger partial charge in [0.05, 0.1) is 13.2 Å². The van der Waals surface area contributed by atoms with Gasteiger partial charge in [-0.15, -0.1) is 0 Å². The van der Waals surface area contributed by atoms with Gasteiger partial charge in [-0.2, -0.15) is 0 Å². The third kappa shape index (κ3) is 2.43. The second kappa shape index (κ2) is 4.12. The highest BCUT2D eigenvalue weighted by Crippen LogP contribution is 2.41. The van der Waals surface area contributed by atoms with Crippen LogP contribution in [0.5, 0.6) is 0 Å². The van der Waals surface area contributed by atoms with Crippen LogP contribution in [0.4, 0.5) is 4.79 Å². The minimum atomic E-state index is -0.982. The number of rotatable bonds is 1. The van der Waals surface area contributed by atoms with E-state index in [0.717, 1.165) is 0 Å². The number of likely N-dealkylation sites (tertiary alicyclic amines) is 1. The van der Waals surface area contributed by atoms with Gasteiger partial charge in [-0.05, 0) is 27.2 Å². The third-order valence-electron chi connectivity index (χ3n) is 3.24. The molecular weight excluding hydrogens is 238 g/mol. The Morgan fingerprint density at radius 1 is 1.39 bits per heavy atom. The van der Waals surface area contributed by atoms with E-state index in [1.807, 2.05) is 0 Å². The molecule has 0 aromatic carbocycles. The highest BCUT2D eigenvalue weighted by Gasteiger charge is 2.53. The van der Waals surface area contributed by atoms with Crippen molar-refractivity contribution in [3.63, 3.8) is 0 Å². The minimum absolute atomic E-state index is 0.181. The minimum Gasteiger partial charge on any atom is -0.480 e. The Morgan fingerprint density at radius 3 is 2.39 bits per heavy atom. The summed E-state index contributed by atoms with van der Waals surface area (Å²) in [5, 5.41) is 9.19. The van der Waals surface area contributed by atoms with Crippen LogP contribution in [0.25, 0.3) is 0 Å². The summed E-state index contributed by atoms with van der Waals surface area (Å²) in [5.74, 6) is -0.982. The molecule has 1 amide bonds. The predicted molar refractivity (Wildman–Crippen MR) is 62.2 cm³/mol. The molecule has 6 nitrogen and oxygen atoms in total. The number of hydrogen-bond acceptors (Lipinski definition) is 4. The van der Waals surface area contributed by atoms with Crippen molar-refractivity contribution in [2.45, 2.75) is 38.8 Å². The number of hydrogen-bond donors (Lipinski definition) is 1. The lowest BCUT2D eigenvalue weighted by Crippen LogP contribution is -2.46. The summed E-state index contributed by atoms with van der Waals surface area (Å²) in [5.41, 5.74) is -0.800. The van der Waals surface area contributed by atoms with E-state index in [0.29, 0.717) is 26.2 Å². The Morgan fingerprint density at radius 2 is 2.00 bits per heavy atom. The van der Waals surface area contributed by atoms with Crippen LogP contribution in [-0.2, 0) is 14.3 Å². The van der Waals surface area contributed by atoms with Gasteiger partial charge in [0.1, 0.15) is 11.6 Å². The fraction of sp³-hybridized carbons (Fsp3) is 0.833. The number of nitrogens with zero attached hydrogens (tertiary/aromatic N) is 1. The summed E-state index contributed by atoms with van der Waals surface area (Å²) in [6.45, 7) is 6.74. The second-order valence-electron chi connectivity index (χ2n) is 6.16. The summed E-state index contributed by atoms with van der Waals surface area (Å²) in [4.78, 5) is 24.5. The Balaban J connectivity index is 2.10. The van der Waals surface area contributed by atoms with Crippen molar-refractivity contribution < 1.29 is 24.2 Å². The Kier molecular flexibility index (Phi) is 3.01. The van der Waals surface area contributed by atoms with E-state index in [1.165, 1.54) is 4.90 Å². The van der Waals surface area contributed by atoms with Crippen LogP contribution in [-0.4, -0.2) is 53.5 Å². The normalized spacial score (nSPS) is 25.9. The van der Waals surface area contributed by atoms with Crippen molar-refractivity contribution in [1.29, 1.82) is 0 Å². The molecule has 102 valence electrons. The van der Waals surface area contributed by atoms with Gasteiger partial charge >= 0.3 is 12.1 Å². The van der Waals surface area contributed by atoms with Crippen LogP contribution in [0.3, 0.4) is 0 Å². The largest absolute Gasteiger partial charge is 0.480 e.